The summed E-state index contributed by atoms with van der Waals surface area (Å²) in [5, 5.41) is 1.87. The van der Waals surface area contributed by atoms with E-state index >= 15 is 0 Å². The van der Waals surface area contributed by atoms with Gasteiger partial charge in [-0.1, -0.05) is 48.5 Å². The van der Waals surface area contributed by atoms with Crippen LogP contribution in [-0.2, 0) is 11.2 Å². The molecule has 0 spiro atoms. The van der Waals surface area contributed by atoms with E-state index in [9.17, 15) is 4.79 Å². The van der Waals surface area contributed by atoms with Crippen molar-refractivity contribution in [3.8, 4) is 0 Å². The summed E-state index contributed by atoms with van der Waals surface area (Å²) < 4.78 is 0. The quantitative estimate of drug-likeness (QED) is 0.745. The highest BCUT2D eigenvalue weighted by molar-refractivity contribution is 8.00. The molecule has 0 N–H and O–H groups in total. The van der Waals surface area contributed by atoms with Crippen LogP contribution in [0.3, 0.4) is 0 Å². The van der Waals surface area contributed by atoms with Crippen LogP contribution in [0, 0.1) is 0 Å². The molecule has 1 aromatic carbocycles. The molecule has 104 valence electrons. The van der Waals surface area contributed by atoms with Crippen LogP contribution in [0.25, 0.3) is 0 Å². The van der Waals surface area contributed by atoms with Crippen molar-refractivity contribution < 1.29 is 4.79 Å². The van der Waals surface area contributed by atoms with Gasteiger partial charge in [0.1, 0.15) is 5.78 Å². The fourth-order valence-electron chi connectivity index (χ4n) is 2.37. The van der Waals surface area contributed by atoms with Crippen LogP contribution >= 0.6 is 35.0 Å². The minimum Gasteiger partial charge on any atom is -0.298 e. The first-order valence-corrected chi connectivity index (χ1v) is 8.53. The topological polar surface area (TPSA) is 17.1 Å². The number of ketones is 1. The minimum atomic E-state index is 0.250. The molecule has 0 unspecified atom stereocenters. The Balaban J connectivity index is 1.80. The van der Waals surface area contributed by atoms with E-state index in [-0.39, 0.29) is 5.78 Å². The van der Waals surface area contributed by atoms with Crippen LogP contribution in [-0.4, -0.2) is 16.8 Å². The van der Waals surface area contributed by atoms with Gasteiger partial charge < -0.3 is 0 Å². The molecule has 0 atom stereocenters. The van der Waals surface area contributed by atoms with Gasteiger partial charge in [0, 0.05) is 21.7 Å². The molecule has 0 aliphatic heterocycles. The molecule has 1 saturated carbocycles. The van der Waals surface area contributed by atoms with Gasteiger partial charge in [0.25, 0.3) is 0 Å². The van der Waals surface area contributed by atoms with Crippen LogP contribution < -0.4 is 0 Å². The third-order valence-corrected chi connectivity index (χ3v) is 5.45. The van der Waals surface area contributed by atoms with Gasteiger partial charge in [-0.25, -0.2) is 0 Å². The lowest BCUT2D eigenvalue weighted by Gasteiger charge is -2.20. The molecule has 1 fully saturated rings. The number of carbonyl (C=O) groups is 1. The maximum absolute atomic E-state index is 12.0. The maximum atomic E-state index is 12.0. The molecule has 0 saturated heterocycles. The zero-order valence-electron chi connectivity index (χ0n) is 10.8. The molecule has 1 aliphatic rings. The van der Waals surface area contributed by atoms with E-state index in [4.69, 9.17) is 23.2 Å². The second-order valence-corrected chi connectivity index (χ2v) is 7.15. The zero-order valence-corrected chi connectivity index (χ0v) is 13.2. The van der Waals surface area contributed by atoms with Crippen LogP contribution in [0.1, 0.15) is 37.7 Å². The Morgan fingerprint density at radius 1 is 1.21 bits per heavy atom. The predicted molar refractivity (Wildman–Crippen MR) is 84.5 cm³/mol. The van der Waals surface area contributed by atoms with Gasteiger partial charge in [-0.05, 0) is 30.5 Å². The molecule has 0 radical (unpaired) electrons. The number of hydrogen-bond acceptors (Lipinski definition) is 2. The standard InChI is InChI=1S/C15H18Cl2OS/c16-12-7-6-11(15(17)9-12)8-13(18)10-19-14-4-2-1-3-5-14/h6-7,9,14H,1-5,8,10H2. The summed E-state index contributed by atoms with van der Waals surface area (Å²) >= 11 is 13.7. The van der Waals surface area contributed by atoms with E-state index in [0.29, 0.717) is 27.5 Å². The van der Waals surface area contributed by atoms with Gasteiger partial charge in [-0.15, -0.1) is 0 Å². The van der Waals surface area contributed by atoms with Crippen LogP contribution in [0.4, 0.5) is 0 Å². The average molecular weight is 317 g/mol. The zero-order chi connectivity index (χ0) is 13.7. The lowest BCUT2D eigenvalue weighted by molar-refractivity contribution is -0.116. The van der Waals surface area contributed by atoms with Gasteiger partial charge in [0.15, 0.2) is 0 Å². The molecule has 0 bridgehead atoms. The summed E-state index contributed by atoms with van der Waals surface area (Å²) in [6.07, 6.45) is 6.92. The Labute approximate surface area is 129 Å². The average Bonchev–Trinajstić information content (AvgIpc) is 2.41. The predicted octanol–water partition coefficient (Wildman–Crippen LogP) is 5.17. The van der Waals surface area contributed by atoms with Gasteiger partial charge in [-0.2, -0.15) is 11.8 Å². The summed E-state index contributed by atoms with van der Waals surface area (Å²) in [7, 11) is 0. The molecule has 1 aliphatic carbocycles. The maximum Gasteiger partial charge on any atom is 0.147 e. The molecule has 19 heavy (non-hydrogen) atoms. The second-order valence-electron chi connectivity index (χ2n) is 5.02. The molecule has 2 rings (SSSR count). The van der Waals surface area contributed by atoms with Gasteiger partial charge in [0.2, 0.25) is 0 Å². The Morgan fingerprint density at radius 2 is 1.95 bits per heavy atom. The molecule has 1 aromatic rings. The molecule has 0 amide bonds. The van der Waals surface area contributed by atoms with Gasteiger partial charge >= 0.3 is 0 Å². The summed E-state index contributed by atoms with van der Waals surface area (Å²) in [5.74, 6) is 0.851. The number of Topliss-reactive ketones (excluding diaryl/α,β-unsaturated/α-hetero) is 1. The summed E-state index contributed by atoms with van der Waals surface area (Å²) in [6.45, 7) is 0. The second kappa shape index (κ2) is 7.56. The number of thioether (sulfide) groups is 1. The highest BCUT2D eigenvalue weighted by atomic mass is 35.5. The van der Waals surface area contributed by atoms with E-state index in [1.54, 1.807) is 12.1 Å². The van der Waals surface area contributed by atoms with E-state index in [1.165, 1.54) is 32.1 Å². The number of benzene rings is 1. The smallest absolute Gasteiger partial charge is 0.147 e. The van der Waals surface area contributed by atoms with E-state index in [1.807, 2.05) is 17.8 Å². The van der Waals surface area contributed by atoms with Gasteiger partial charge in [0.05, 0.1) is 5.75 Å². The monoisotopic (exact) mass is 316 g/mol. The fraction of sp³-hybridized carbons (Fsp3) is 0.533. The Bertz CT molecular complexity index is 442. The van der Waals surface area contributed by atoms with E-state index in [2.05, 4.69) is 0 Å². The normalized spacial score (nSPS) is 16.5. The van der Waals surface area contributed by atoms with Crippen molar-refractivity contribution in [1.82, 2.24) is 0 Å². The molecular weight excluding hydrogens is 299 g/mol. The highest BCUT2D eigenvalue weighted by Crippen LogP contribution is 2.28. The number of rotatable bonds is 5. The Hall–Kier alpha value is -0.180. The Morgan fingerprint density at radius 3 is 2.63 bits per heavy atom. The van der Waals surface area contributed by atoms with Crippen molar-refractivity contribution in [2.24, 2.45) is 0 Å². The van der Waals surface area contributed by atoms with E-state index in [0.717, 1.165) is 5.56 Å². The van der Waals surface area contributed by atoms with Crippen LogP contribution in [0.15, 0.2) is 18.2 Å². The molecule has 1 nitrogen and oxygen atoms in total. The number of halogens is 2. The first-order valence-electron chi connectivity index (χ1n) is 6.72. The summed E-state index contributed by atoms with van der Waals surface area (Å²) in [6, 6.07) is 5.32. The summed E-state index contributed by atoms with van der Waals surface area (Å²) in [5.41, 5.74) is 0.875. The lowest BCUT2D eigenvalue weighted by atomic mass is 10.0. The van der Waals surface area contributed by atoms with Gasteiger partial charge in [-0.3, -0.25) is 4.79 Å². The molecule has 0 heterocycles. The third-order valence-electron chi connectivity index (χ3n) is 3.43. The summed E-state index contributed by atoms with van der Waals surface area (Å²) in [4.78, 5) is 12.0. The molecule has 0 aromatic heterocycles. The first kappa shape index (κ1) is 15.2. The fourth-order valence-corrected chi connectivity index (χ4v) is 4.04. The third kappa shape index (κ3) is 5.02. The van der Waals surface area contributed by atoms with Crippen LogP contribution in [0.5, 0.6) is 0 Å². The molecule has 4 heteroatoms. The van der Waals surface area contributed by atoms with Crippen molar-refractivity contribution in [1.29, 1.82) is 0 Å². The first-order chi connectivity index (χ1) is 9.15. The SMILES string of the molecule is O=C(CSC1CCCCC1)Cc1ccc(Cl)cc1Cl. The number of carbonyl (C=O) groups excluding carboxylic acids is 1. The van der Waals surface area contributed by atoms with Crippen molar-refractivity contribution in [3.05, 3.63) is 33.8 Å². The largest absolute Gasteiger partial charge is 0.298 e. The van der Waals surface area contributed by atoms with Crippen molar-refractivity contribution in [2.75, 3.05) is 5.75 Å². The van der Waals surface area contributed by atoms with Crippen molar-refractivity contribution in [2.45, 2.75) is 43.8 Å². The Kier molecular flexibility index (Phi) is 6.06. The lowest BCUT2D eigenvalue weighted by Crippen LogP contribution is -2.13. The van der Waals surface area contributed by atoms with Crippen LogP contribution in [0.2, 0.25) is 10.0 Å². The highest BCUT2D eigenvalue weighted by Gasteiger charge is 2.16. The van der Waals surface area contributed by atoms with E-state index < -0.39 is 0 Å². The van der Waals surface area contributed by atoms with Crippen molar-refractivity contribution >= 4 is 40.7 Å². The molecular formula is C15H18Cl2OS. The number of hydrogen-bond donors (Lipinski definition) is 0. The minimum absolute atomic E-state index is 0.250. The van der Waals surface area contributed by atoms with Crippen molar-refractivity contribution in [3.63, 3.8) is 0 Å².